The van der Waals surface area contributed by atoms with Crippen molar-refractivity contribution in [2.75, 3.05) is 0 Å². The SMILES string of the molecule is O=C(OCc1ccccc1)c1cc2c(s1)C/C=C\Cc1cc([N+](=O)[O-])ccc1C(=O)O2. The molecule has 0 bridgehead atoms. The monoisotopic (exact) mass is 435 g/mol. The number of allylic oxidation sites excluding steroid dienone is 2. The van der Waals surface area contributed by atoms with Crippen LogP contribution >= 0.6 is 11.3 Å². The molecule has 0 N–H and O–H groups in total. The summed E-state index contributed by atoms with van der Waals surface area (Å²) in [6.45, 7) is 0.147. The molecule has 31 heavy (non-hydrogen) atoms. The molecule has 0 saturated heterocycles. The molecule has 7 nitrogen and oxygen atoms in total. The van der Waals surface area contributed by atoms with Gasteiger partial charge >= 0.3 is 11.9 Å². The molecule has 2 aromatic carbocycles. The molecule has 156 valence electrons. The third kappa shape index (κ3) is 4.70. The number of hydrogen-bond donors (Lipinski definition) is 0. The van der Waals surface area contributed by atoms with E-state index in [1.54, 1.807) is 0 Å². The molecule has 0 spiro atoms. The lowest BCUT2D eigenvalue weighted by Crippen LogP contribution is -2.12. The molecule has 0 atom stereocenters. The standard InChI is InChI=1S/C23H17NO6S/c25-22-18-11-10-17(24(27)28)12-16(18)8-4-5-9-20-19(30-22)13-21(31-20)23(26)29-14-15-6-2-1-3-7-15/h1-7,10-13H,8-9,14H2/b5-4-. The molecule has 1 aromatic heterocycles. The number of fused-ring (bicyclic) bond motifs is 2. The zero-order chi connectivity index (χ0) is 21.8. The number of esters is 2. The van der Waals surface area contributed by atoms with Gasteiger partial charge in [-0.15, -0.1) is 11.3 Å². The summed E-state index contributed by atoms with van der Waals surface area (Å²) < 4.78 is 10.9. The number of benzene rings is 2. The van der Waals surface area contributed by atoms with Crippen LogP contribution < -0.4 is 4.74 Å². The molecule has 3 aromatic rings. The number of hydrogen-bond acceptors (Lipinski definition) is 7. The van der Waals surface area contributed by atoms with E-state index in [4.69, 9.17) is 9.47 Å². The summed E-state index contributed by atoms with van der Waals surface area (Å²) >= 11 is 1.21. The Morgan fingerprint density at radius 1 is 1.10 bits per heavy atom. The summed E-state index contributed by atoms with van der Waals surface area (Å²) in [4.78, 5) is 36.8. The van der Waals surface area contributed by atoms with Gasteiger partial charge in [0.05, 0.1) is 15.4 Å². The first-order valence-electron chi connectivity index (χ1n) is 9.49. The van der Waals surface area contributed by atoms with Crippen molar-refractivity contribution in [3.8, 4) is 5.75 Å². The average molecular weight is 435 g/mol. The molecule has 0 aliphatic carbocycles. The van der Waals surface area contributed by atoms with Gasteiger partial charge in [0.1, 0.15) is 17.2 Å². The third-order valence-corrected chi connectivity index (χ3v) is 5.83. The summed E-state index contributed by atoms with van der Waals surface area (Å²) in [5.41, 5.74) is 1.55. The van der Waals surface area contributed by atoms with Crippen LogP contribution in [-0.2, 0) is 24.2 Å². The molecule has 0 saturated carbocycles. The zero-order valence-corrected chi connectivity index (χ0v) is 17.1. The highest BCUT2D eigenvalue weighted by atomic mass is 32.1. The average Bonchev–Trinajstić information content (AvgIpc) is 3.18. The van der Waals surface area contributed by atoms with Crippen LogP contribution in [0.1, 0.15) is 36.0 Å². The zero-order valence-electron chi connectivity index (χ0n) is 16.3. The van der Waals surface area contributed by atoms with Crippen LogP contribution in [0.5, 0.6) is 5.75 Å². The number of carbonyl (C=O) groups excluding carboxylic acids is 2. The van der Waals surface area contributed by atoms with Gasteiger partial charge in [0.2, 0.25) is 0 Å². The minimum atomic E-state index is -0.622. The predicted octanol–water partition coefficient (Wildman–Crippen LogP) is 4.89. The Bertz CT molecular complexity index is 1180. The molecule has 0 unspecified atom stereocenters. The van der Waals surface area contributed by atoms with E-state index in [9.17, 15) is 19.7 Å². The van der Waals surface area contributed by atoms with E-state index in [0.29, 0.717) is 23.3 Å². The van der Waals surface area contributed by atoms with E-state index in [1.807, 2.05) is 42.5 Å². The highest BCUT2D eigenvalue weighted by Gasteiger charge is 2.22. The molecule has 2 heterocycles. The Balaban J connectivity index is 1.56. The van der Waals surface area contributed by atoms with Crippen molar-refractivity contribution in [1.82, 2.24) is 0 Å². The van der Waals surface area contributed by atoms with Crippen LogP contribution in [0.2, 0.25) is 0 Å². The van der Waals surface area contributed by atoms with Crippen LogP contribution in [-0.4, -0.2) is 16.9 Å². The fraction of sp³-hybridized carbons (Fsp3) is 0.130. The van der Waals surface area contributed by atoms with Gasteiger partial charge in [0, 0.05) is 24.6 Å². The van der Waals surface area contributed by atoms with Crippen molar-refractivity contribution in [3.63, 3.8) is 0 Å². The minimum absolute atomic E-state index is 0.0864. The molecule has 1 aliphatic heterocycles. The lowest BCUT2D eigenvalue weighted by Gasteiger charge is -2.10. The first-order chi connectivity index (χ1) is 15.0. The van der Waals surface area contributed by atoms with E-state index >= 15 is 0 Å². The summed E-state index contributed by atoms with van der Waals surface area (Å²) in [5.74, 6) is -0.826. The molecule has 0 radical (unpaired) electrons. The van der Waals surface area contributed by atoms with Crippen LogP contribution in [0.4, 0.5) is 5.69 Å². The van der Waals surface area contributed by atoms with Crippen molar-refractivity contribution in [1.29, 1.82) is 0 Å². The maximum absolute atomic E-state index is 12.7. The van der Waals surface area contributed by atoms with Crippen molar-refractivity contribution in [2.45, 2.75) is 19.4 Å². The Labute approximate surface area is 181 Å². The molecule has 4 rings (SSSR count). The lowest BCUT2D eigenvalue weighted by atomic mass is 10.0. The van der Waals surface area contributed by atoms with E-state index in [-0.39, 0.29) is 23.6 Å². The minimum Gasteiger partial charge on any atom is -0.457 e. The van der Waals surface area contributed by atoms with Crippen LogP contribution in [0.25, 0.3) is 0 Å². The molecule has 0 amide bonds. The maximum Gasteiger partial charge on any atom is 0.348 e. The van der Waals surface area contributed by atoms with E-state index < -0.39 is 16.9 Å². The highest BCUT2D eigenvalue weighted by molar-refractivity contribution is 7.14. The van der Waals surface area contributed by atoms with Gasteiger partial charge in [0.25, 0.3) is 5.69 Å². The maximum atomic E-state index is 12.7. The Kier molecular flexibility index (Phi) is 5.90. The quantitative estimate of drug-likeness (QED) is 0.251. The second-order valence-corrected chi connectivity index (χ2v) is 7.96. The normalized spacial score (nSPS) is 14.0. The van der Waals surface area contributed by atoms with Gasteiger partial charge in [-0.1, -0.05) is 42.5 Å². The van der Waals surface area contributed by atoms with Gasteiger partial charge < -0.3 is 9.47 Å². The third-order valence-electron chi connectivity index (χ3n) is 4.71. The Morgan fingerprint density at radius 3 is 2.65 bits per heavy atom. The smallest absolute Gasteiger partial charge is 0.348 e. The van der Waals surface area contributed by atoms with Crippen molar-refractivity contribution in [3.05, 3.63) is 103 Å². The second kappa shape index (κ2) is 8.93. The first-order valence-corrected chi connectivity index (χ1v) is 10.3. The molecule has 1 aliphatic rings. The number of rotatable bonds is 4. The van der Waals surface area contributed by atoms with Gasteiger partial charge in [-0.3, -0.25) is 10.1 Å². The highest BCUT2D eigenvalue weighted by Crippen LogP contribution is 2.33. The first kappa shape index (κ1) is 20.5. The van der Waals surface area contributed by atoms with Crippen molar-refractivity contribution in [2.24, 2.45) is 0 Å². The number of ether oxygens (including phenoxy) is 2. The Hall–Kier alpha value is -3.78. The summed E-state index contributed by atoms with van der Waals surface area (Å²) in [6, 6.07) is 14.9. The second-order valence-electron chi connectivity index (χ2n) is 6.83. The van der Waals surface area contributed by atoms with Gasteiger partial charge in [-0.05, 0) is 23.6 Å². The summed E-state index contributed by atoms with van der Waals surface area (Å²) in [5, 5.41) is 11.0. The molecule has 0 fully saturated rings. The number of nitro groups is 1. The molecule has 8 heteroatoms. The number of thiophene rings is 1. The fourth-order valence-corrected chi connectivity index (χ4v) is 4.11. The predicted molar refractivity (Wildman–Crippen MR) is 114 cm³/mol. The van der Waals surface area contributed by atoms with Crippen LogP contribution in [0.15, 0.2) is 66.7 Å². The fourth-order valence-electron chi connectivity index (χ4n) is 3.15. The van der Waals surface area contributed by atoms with E-state index in [1.165, 1.54) is 35.6 Å². The molecular formula is C23H17NO6S. The van der Waals surface area contributed by atoms with Crippen LogP contribution in [0.3, 0.4) is 0 Å². The molecular weight excluding hydrogens is 418 g/mol. The number of nitro benzene ring substituents is 1. The summed E-state index contributed by atoms with van der Waals surface area (Å²) in [7, 11) is 0. The topological polar surface area (TPSA) is 95.7 Å². The van der Waals surface area contributed by atoms with Crippen molar-refractivity contribution >= 4 is 29.0 Å². The van der Waals surface area contributed by atoms with Gasteiger partial charge in [-0.2, -0.15) is 0 Å². The van der Waals surface area contributed by atoms with E-state index in [2.05, 4.69) is 0 Å². The van der Waals surface area contributed by atoms with Crippen molar-refractivity contribution < 1.29 is 24.0 Å². The van der Waals surface area contributed by atoms with E-state index in [0.717, 1.165) is 10.4 Å². The Morgan fingerprint density at radius 2 is 1.87 bits per heavy atom. The lowest BCUT2D eigenvalue weighted by molar-refractivity contribution is -0.384. The summed E-state index contributed by atoms with van der Waals surface area (Å²) in [6.07, 6.45) is 4.55. The number of carbonyl (C=O) groups is 2. The number of nitrogens with zero attached hydrogens (tertiary/aromatic N) is 1. The van der Waals surface area contributed by atoms with Gasteiger partial charge in [0.15, 0.2) is 0 Å². The number of non-ortho nitro benzene ring substituents is 1. The van der Waals surface area contributed by atoms with Gasteiger partial charge in [-0.25, -0.2) is 9.59 Å². The largest absolute Gasteiger partial charge is 0.457 e. The van der Waals surface area contributed by atoms with Crippen LogP contribution in [0, 0.1) is 10.1 Å².